The van der Waals surface area contributed by atoms with Gasteiger partial charge < -0.3 is 10.1 Å². The number of nitrogens with one attached hydrogen (secondary N) is 1. The summed E-state index contributed by atoms with van der Waals surface area (Å²) < 4.78 is 5.06. The van der Waals surface area contributed by atoms with Gasteiger partial charge in [0.05, 0.1) is 0 Å². The fraction of sp³-hybridized carbons (Fsp3) is 0.167. The van der Waals surface area contributed by atoms with E-state index in [-0.39, 0.29) is 5.78 Å². The van der Waals surface area contributed by atoms with Gasteiger partial charge in [-0.05, 0) is 66.6 Å². The second-order valence-corrected chi connectivity index (χ2v) is 5.87. The Morgan fingerprint density at radius 1 is 1.17 bits per heavy atom. The zero-order valence-electron chi connectivity index (χ0n) is 13.3. The van der Waals surface area contributed by atoms with Crippen LogP contribution in [0.15, 0.2) is 47.2 Å². The molecule has 1 aromatic carbocycles. The molecule has 0 unspecified atom stereocenters. The number of esters is 1. The molecule has 1 heterocycles. The van der Waals surface area contributed by atoms with Crippen molar-refractivity contribution in [3.63, 3.8) is 0 Å². The summed E-state index contributed by atoms with van der Waals surface area (Å²) in [6, 6.07) is 8.37. The molecular formula is C18H17NO4S. The van der Waals surface area contributed by atoms with Gasteiger partial charge in [0, 0.05) is 17.3 Å². The molecule has 0 spiro atoms. The fourth-order valence-electron chi connectivity index (χ4n) is 1.83. The first-order valence-electron chi connectivity index (χ1n) is 7.28. The lowest BCUT2D eigenvalue weighted by atomic mass is 10.1. The highest BCUT2D eigenvalue weighted by Gasteiger charge is 2.16. The normalized spacial score (nSPS) is 11.9. The van der Waals surface area contributed by atoms with Crippen molar-refractivity contribution < 1.29 is 19.1 Å². The number of hydrogen-bond donors (Lipinski definition) is 1. The molecule has 124 valence electrons. The van der Waals surface area contributed by atoms with E-state index in [4.69, 9.17) is 4.74 Å². The minimum Gasteiger partial charge on any atom is -0.449 e. The first-order valence-corrected chi connectivity index (χ1v) is 8.23. The van der Waals surface area contributed by atoms with Crippen LogP contribution in [0, 0.1) is 0 Å². The Hall–Kier alpha value is -2.73. The predicted octanol–water partition coefficient (Wildman–Crippen LogP) is 3.53. The van der Waals surface area contributed by atoms with Gasteiger partial charge in [-0.15, -0.1) is 0 Å². The van der Waals surface area contributed by atoms with Crippen LogP contribution in [0.25, 0.3) is 6.08 Å². The molecule has 2 aromatic rings. The highest BCUT2D eigenvalue weighted by molar-refractivity contribution is 7.08. The van der Waals surface area contributed by atoms with E-state index < -0.39 is 18.0 Å². The van der Waals surface area contributed by atoms with Crippen LogP contribution in [0.3, 0.4) is 0 Å². The zero-order valence-corrected chi connectivity index (χ0v) is 14.1. The van der Waals surface area contributed by atoms with Crippen molar-refractivity contribution in [2.75, 3.05) is 5.32 Å². The molecule has 2 rings (SSSR count). The summed E-state index contributed by atoms with van der Waals surface area (Å²) in [6.07, 6.45) is 1.98. The van der Waals surface area contributed by atoms with Crippen LogP contribution >= 0.6 is 11.3 Å². The highest BCUT2D eigenvalue weighted by Crippen LogP contribution is 2.11. The minimum absolute atomic E-state index is 0.0485. The molecule has 5 nitrogen and oxygen atoms in total. The number of carbonyl (C=O) groups is 3. The smallest absolute Gasteiger partial charge is 0.331 e. The molecule has 0 fully saturated rings. The summed E-state index contributed by atoms with van der Waals surface area (Å²) in [7, 11) is 0. The van der Waals surface area contributed by atoms with E-state index in [0.29, 0.717) is 11.3 Å². The van der Waals surface area contributed by atoms with E-state index >= 15 is 0 Å². The van der Waals surface area contributed by atoms with E-state index in [9.17, 15) is 14.4 Å². The largest absolute Gasteiger partial charge is 0.449 e. The predicted molar refractivity (Wildman–Crippen MR) is 94.0 cm³/mol. The monoisotopic (exact) mass is 343 g/mol. The van der Waals surface area contributed by atoms with Gasteiger partial charge >= 0.3 is 5.97 Å². The van der Waals surface area contributed by atoms with Crippen LogP contribution in [-0.2, 0) is 14.3 Å². The van der Waals surface area contributed by atoms with Crippen LogP contribution < -0.4 is 5.32 Å². The Labute approximate surface area is 144 Å². The number of amides is 1. The Morgan fingerprint density at radius 2 is 1.88 bits per heavy atom. The maximum atomic E-state index is 12.0. The average Bonchev–Trinajstić information content (AvgIpc) is 3.06. The van der Waals surface area contributed by atoms with E-state index in [1.807, 2.05) is 16.8 Å². The van der Waals surface area contributed by atoms with E-state index in [0.717, 1.165) is 5.56 Å². The summed E-state index contributed by atoms with van der Waals surface area (Å²) >= 11 is 1.53. The summed E-state index contributed by atoms with van der Waals surface area (Å²) in [6.45, 7) is 2.97. The molecular weight excluding hydrogens is 326 g/mol. The van der Waals surface area contributed by atoms with E-state index in [1.165, 1.54) is 31.3 Å². The van der Waals surface area contributed by atoms with Crippen LogP contribution in [-0.4, -0.2) is 23.8 Å². The van der Waals surface area contributed by atoms with Crippen LogP contribution in [0.1, 0.15) is 29.8 Å². The lowest BCUT2D eigenvalue weighted by molar-refractivity contribution is -0.148. The lowest BCUT2D eigenvalue weighted by Crippen LogP contribution is -2.29. The van der Waals surface area contributed by atoms with Crippen molar-refractivity contribution in [2.24, 2.45) is 0 Å². The van der Waals surface area contributed by atoms with Crippen molar-refractivity contribution in [1.29, 1.82) is 0 Å². The Kier molecular flexibility index (Phi) is 6.03. The molecule has 24 heavy (non-hydrogen) atoms. The fourth-order valence-corrected chi connectivity index (χ4v) is 2.46. The lowest BCUT2D eigenvalue weighted by Gasteiger charge is -2.12. The summed E-state index contributed by atoms with van der Waals surface area (Å²) in [5.74, 6) is -1.08. The molecule has 0 aliphatic heterocycles. The van der Waals surface area contributed by atoms with Gasteiger partial charge in [0.2, 0.25) is 0 Å². The van der Waals surface area contributed by atoms with Gasteiger partial charge in [-0.2, -0.15) is 11.3 Å². The van der Waals surface area contributed by atoms with Crippen molar-refractivity contribution in [2.45, 2.75) is 20.0 Å². The quantitative estimate of drug-likeness (QED) is 0.495. The molecule has 0 saturated heterocycles. The number of ether oxygens (including phenoxy) is 1. The number of hydrogen-bond acceptors (Lipinski definition) is 5. The average molecular weight is 343 g/mol. The zero-order chi connectivity index (χ0) is 17.5. The molecule has 0 radical (unpaired) electrons. The molecule has 0 bridgehead atoms. The van der Waals surface area contributed by atoms with E-state index in [2.05, 4.69) is 5.32 Å². The third kappa shape index (κ3) is 5.17. The minimum atomic E-state index is -0.933. The second kappa shape index (κ2) is 8.21. The number of Topliss-reactive ketones (excluding diaryl/α,β-unsaturated/α-hetero) is 1. The van der Waals surface area contributed by atoms with Crippen LogP contribution in [0.4, 0.5) is 5.69 Å². The maximum absolute atomic E-state index is 12.0. The standard InChI is InChI=1S/C18H17NO4S/c1-12(20)15-4-6-16(7-5-15)19-18(22)13(2)23-17(21)8-3-14-9-10-24-11-14/h3-11,13H,1-2H3,(H,19,22)/b8-3+/t13-/m1/s1. The van der Waals surface area contributed by atoms with Crippen LogP contribution in [0.2, 0.25) is 0 Å². The molecule has 1 N–H and O–H groups in total. The number of benzene rings is 1. The Morgan fingerprint density at radius 3 is 2.46 bits per heavy atom. The van der Waals surface area contributed by atoms with Crippen LogP contribution in [0.5, 0.6) is 0 Å². The molecule has 1 amide bonds. The number of anilines is 1. The van der Waals surface area contributed by atoms with Crippen molar-refractivity contribution in [3.8, 4) is 0 Å². The van der Waals surface area contributed by atoms with E-state index in [1.54, 1.807) is 30.3 Å². The number of thiophene rings is 1. The first kappa shape index (κ1) is 17.6. The molecule has 6 heteroatoms. The van der Waals surface area contributed by atoms with Crippen molar-refractivity contribution >= 4 is 40.8 Å². The highest BCUT2D eigenvalue weighted by atomic mass is 32.1. The van der Waals surface area contributed by atoms with Gasteiger partial charge in [0.1, 0.15) is 0 Å². The topological polar surface area (TPSA) is 72.5 Å². The molecule has 0 aliphatic rings. The number of carbonyl (C=O) groups excluding carboxylic acids is 3. The molecule has 1 atom stereocenters. The Balaban J connectivity index is 1.87. The molecule has 1 aromatic heterocycles. The van der Waals surface area contributed by atoms with Crippen molar-refractivity contribution in [1.82, 2.24) is 0 Å². The van der Waals surface area contributed by atoms with Crippen molar-refractivity contribution in [3.05, 3.63) is 58.3 Å². The summed E-state index contributed by atoms with van der Waals surface area (Å²) in [5.41, 5.74) is 1.99. The summed E-state index contributed by atoms with van der Waals surface area (Å²) in [5, 5.41) is 6.43. The van der Waals surface area contributed by atoms with Gasteiger partial charge in [-0.3, -0.25) is 9.59 Å². The summed E-state index contributed by atoms with van der Waals surface area (Å²) in [4.78, 5) is 34.9. The molecule has 0 saturated carbocycles. The number of rotatable bonds is 6. The second-order valence-electron chi connectivity index (χ2n) is 5.09. The SMILES string of the molecule is CC(=O)c1ccc(NC(=O)[C@@H](C)OC(=O)/C=C/c2ccsc2)cc1. The Bertz CT molecular complexity index is 748. The van der Waals surface area contributed by atoms with Gasteiger partial charge in [-0.25, -0.2) is 4.79 Å². The maximum Gasteiger partial charge on any atom is 0.331 e. The third-order valence-corrected chi connectivity index (χ3v) is 3.88. The molecule has 0 aliphatic carbocycles. The van der Waals surface area contributed by atoms with Gasteiger partial charge in [0.25, 0.3) is 5.91 Å². The number of ketones is 1. The van der Waals surface area contributed by atoms with Gasteiger partial charge in [-0.1, -0.05) is 0 Å². The van der Waals surface area contributed by atoms with Gasteiger partial charge in [0.15, 0.2) is 11.9 Å². The first-order chi connectivity index (χ1) is 11.5. The third-order valence-electron chi connectivity index (χ3n) is 3.18.